The van der Waals surface area contributed by atoms with E-state index >= 15 is 0 Å². The number of thioether (sulfide) groups is 1. The number of amides is 1. The van der Waals surface area contributed by atoms with Crippen LogP contribution in [0.4, 0.5) is 0 Å². The lowest BCUT2D eigenvalue weighted by molar-refractivity contribution is -0.129. The third-order valence-corrected chi connectivity index (χ3v) is 4.64. The largest absolute Gasteiger partial charge is 0.340 e. The minimum Gasteiger partial charge on any atom is -0.340 e. The molecule has 3 rings (SSSR count). The van der Waals surface area contributed by atoms with Crippen molar-refractivity contribution in [2.24, 2.45) is 7.05 Å². The first kappa shape index (κ1) is 15.5. The van der Waals surface area contributed by atoms with Gasteiger partial charge in [0.2, 0.25) is 5.91 Å². The lowest BCUT2D eigenvalue weighted by Crippen LogP contribution is -2.33. The number of aromatic nitrogens is 5. The zero-order valence-corrected chi connectivity index (χ0v) is 14.0. The van der Waals surface area contributed by atoms with Gasteiger partial charge in [0.1, 0.15) is 12.2 Å². The highest BCUT2D eigenvalue weighted by Crippen LogP contribution is 2.22. The maximum atomic E-state index is 12.5. The van der Waals surface area contributed by atoms with E-state index in [9.17, 15) is 4.79 Å². The number of imidazole rings is 1. The number of aryl methyl sites for hydroxylation is 1. The summed E-state index contributed by atoms with van der Waals surface area (Å²) in [5.74, 6) is 0.802. The fourth-order valence-corrected chi connectivity index (χ4v) is 3.19. The highest BCUT2D eigenvalue weighted by molar-refractivity contribution is 8.00. The second-order valence-corrected chi connectivity index (χ2v) is 6.69. The first-order valence-corrected chi connectivity index (χ1v) is 8.12. The Morgan fingerprint density at radius 2 is 2.22 bits per heavy atom. The molecule has 0 aliphatic rings. The van der Waals surface area contributed by atoms with Crippen molar-refractivity contribution in [3.05, 3.63) is 36.4 Å². The van der Waals surface area contributed by atoms with Gasteiger partial charge in [0.25, 0.3) is 0 Å². The van der Waals surface area contributed by atoms with Crippen molar-refractivity contribution in [3.8, 4) is 0 Å². The number of aromatic amines is 1. The van der Waals surface area contributed by atoms with Gasteiger partial charge in [-0.3, -0.25) is 4.79 Å². The summed E-state index contributed by atoms with van der Waals surface area (Å²) in [5.41, 5.74) is 1.88. The summed E-state index contributed by atoms with van der Waals surface area (Å²) in [6.07, 6.45) is 1.62. The third-order valence-electron chi connectivity index (χ3n) is 3.50. The SMILES string of the molecule is C[C@H](Sc1nncn1C)C(=O)N(C)Cc1nc2ccccc2[nH]1. The molecule has 0 aliphatic heterocycles. The zero-order valence-electron chi connectivity index (χ0n) is 13.2. The molecule has 0 saturated carbocycles. The number of fused-ring (bicyclic) bond motifs is 1. The van der Waals surface area contributed by atoms with Crippen LogP contribution in [0.25, 0.3) is 11.0 Å². The first-order valence-electron chi connectivity index (χ1n) is 7.24. The number of nitrogens with zero attached hydrogens (tertiary/aromatic N) is 5. The first-order chi connectivity index (χ1) is 11.0. The van der Waals surface area contributed by atoms with Crippen molar-refractivity contribution in [2.45, 2.75) is 23.9 Å². The molecule has 3 aromatic rings. The van der Waals surface area contributed by atoms with Crippen molar-refractivity contribution in [1.29, 1.82) is 0 Å². The second-order valence-electron chi connectivity index (χ2n) is 5.38. The summed E-state index contributed by atoms with van der Waals surface area (Å²) in [7, 11) is 3.64. The number of carbonyl (C=O) groups is 1. The van der Waals surface area contributed by atoms with E-state index in [4.69, 9.17) is 0 Å². The number of para-hydroxylation sites is 2. The van der Waals surface area contributed by atoms with E-state index in [1.54, 1.807) is 22.8 Å². The zero-order chi connectivity index (χ0) is 16.4. The van der Waals surface area contributed by atoms with Gasteiger partial charge in [-0.05, 0) is 19.1 Å². The number of nitrogens with one attached hydrogen (secondary N) is 1. The van der Waals surface area contributed by atoms with Crippen molar-refractivity contribution in [1.82, 2.24) is 29.6 Å². The average molecular weight is 330 g/mol. The molecule has 1 amide bonds. The summed E-state index contributed by atoms with van der Waals surface area (Å²) >= 11 is 1.40. The molecule has 7 nitrogen and oxygen atoms in total. The highest BCUT2D eigenvalue weighted by atomic mass is 32.2. The maximum absolute atomic E-state index is 12.5. The Morgan fingerprint density at radius 3 is 2.91 bits per heavy atom. The fraction of sp³-hybridized carbons (Fsp3) is 0.333. The summed E-state index contributed by atoms with van der Waals surface area (Å²) in [4.78, 5) is 21.9. The summed E-state index contributed by atoms with van der Waals surface area (Å²) in [5, 5.41) is 8.30. The highest BCUT2D eigenvalue weighted by Gasteiger charge is 2.21. The lowest BCUT2D eigenvalue weighted by atomic mass is 10.3. The number of hydrogen-bond donors (Lipinski definition) is 1. The van der Waals surface area contributed by atoms with E-state index in [0.717, 1.165) is 22.0 Å². The lowest BCUT2D eigenvalue weighted by Gasteiger charge is -2.19. The molecule has 0 radical (unpaired) electrons. The Hall–Kier alpha value is -2.35. The molecular formula is C15H18N6OS. The van der Waals surface area contributed by atoms with Crippen molar-refractivity contribution in [2.75, 3.05) is 7.05 Å². The smallest absolute Gasteiger partial charge is 0.236 e. The molecule has 1 N–H and O–H groups in total. The molecule has 2 heterocycles. The monoisotopic (exact) mass is 330 g/mol. The van der Waals surface area contributed by atoms with Crippen molar-refractivity contribution in [3.63, 3.8) is 0 Å². The van der Waals surface area contributed by atoms with Crippen LogP contribution in [0.1, 0.15) is 12.7 Å². The van der Waals surface area contributed by atoms with Crippen LogP contribution in [0, 0.1) is 0 Å². The number of carbonyl (C=O) groups excluding carboxylic acids is 1. The summed E-state index contributed by atoms with van der Waals surface area (Å²) in [6.45, 7) is 2.31. The van der Waals surface area contributed by atoms with E-state index in [1.807, 2.05) is 38.2 Å². The Labute approximate surface area is 138 Å². The van der Waals surface area contributed by atoms with Gasteiger partial charge in [-0.25, -0.2) is 4.98 Å². The molecule has 0 fully saturated rings. The minimum absolute atomic E-state index is 0.0263. The quantitative estimate of drug-likeness (QED) is 0.722. The number of H-pyrrole nitrogens is 1. The van der Waals surface area contributed by atoms with Gasteiger partial charge in [0, 0.05) is 14.1 Å². The van der Waals surface area contributed by atoms with E-state index in [-0.39, 0.29) is 11.2 Å². The van der Waals surface area contributed by atoms with Crippen LogP contribution in [-0.2, 0) is 18.4 Å². The van der Waals surface area contributed by atoms with Gasteiger partial charge >= 0.3 is 0 Å². The summed E-state index contributed by atoms with van der Waals surface area (Å²) in [6, 6.07) is 7.82. The van der Waals surface area contributed by atoms with Crippen molar-refractivity contribution >= 4 is 28.7 Å². The molecule has 0 spiro atoms. The molecule has 0 unspecified atom stereocenters. The van der Waals surface area contributed by atoms with Gasteiger partial charge in [0.05, 0.1) is 22.8 Å². The molecule has 0 bridgehead atoms. The Morgan fingerprint density at radius 1 is 1.43 bits per heavy atom. The predicted molar refractivity (Wildman–Crippen MR) is 88.9 cm³/mol. The molecule has 0 aliphatic carbocycles. The van der Waals surface area contributed by atoms with Gasteiger partial charge in [-0.2, -0.15) is 0 Å². The Balaban J connectivity index is 1.65. The Bertz CT molecular complexity index is 793. The van der Waals surface area contributed by atoms with E-state index in [0.29, 0.717) is 6.54 Å². The average Bonchev–Trinajstić information content (AvgIpc) is 3.12. The van der Waals surface area contributed by atoms with Gasteiger partial charge in [0.15, 0.2) is 5.16 Å². The molecule has 0 saturated heterocycles. The fourth-order valence-electron chi connectivity index (χ4n) is 2.28. The van der Waals surface area contributed by atoms with Crippen LogP contribution < -0.4 is 0 Å². The normalized spacial score (nSPS) is 12.5. The van der Waals surface area contributed by atoms with Crippen LogP contribution in [0.2, 0.25) is 0 Å². The molecule has 1 aromatic carbocycles. The number of rotatable bonds is 5. The Kier molecular flexibility index (Phi) is 4.33. The van der Waals surface area contributed by atoms with Gasteiger partial charge < -0.3 is 14.5 Å². The predicted octanol–water partition coefficient (Wildman–Crippen LogP) is 1.83. The number of benzene rings is 1. The summed E-state index contributed by atoms with van der Waals surface area (Å²) < 4.78 is 1.80. The van der Waals surface area contributed by atoms with E-state index < -0.39 is 0 Å². The third kappa shape index (κ3) is 3.37. The van der Waals surface area contributed by atoms with Crippen molar-refractivity contribution < 1.29 is 4.79 Å². The van der Waals surface area contributed by atoms with Crippen LogP contribution in [0.15, 0.2) is 35.7 Å². The van der Waals surface area contributed by atoms with Crippen LogP contribution in [0.3, 0.4) is 0 Å². The minimum atomic E-state index is -0.243. The molecule has 1 atom stereocenters. The molecule has 8 heteroatoms. The van der Waals surface area contributed by atoms with Crippen LogP contribution in [-0.4, -0.2) is 47.8 Å². The van der Waals surface area contributed by atoms with Crippen LogP contribution in [0.5, 0.6) is 0 Å². The molecule has 120 valence electrons. The van der Waals surface area contributed by atoms with Gasteiger partial charge in [-0.1, -0.05) is 23.9 Å². The number of hydrogen-bond acceptors (Lipinski definition) is 5. The standard InChI is InChI=1S/C15H18N6OS/c1-10(23-15-19-16-9-21(15)3)14(22)20(2)8-13-17-11-6-4-5-7-12(11)18-13/h4-7,9-10H,8H2,1-3H3,(H,17,18)/t10-/m0/s1. The second kappa shape index (κ2) is 6.41. The topological polar surface area (TPSA) is 79.7 Å². The molecule has 2 aromatic heterocycles. The van der Waals surface area contributed by atoms with E-state index in [1.165, 1.54) is 11.8 Å². The molecular weight excluding hydrogens is 312 g/mol. The van der Waals surface area contributed by atoms with Crippen LogP contribution >= 0.6 is 11.8 Å². The van der Waals surface area contributed by atoms with E-state index in [2.05, 4.69) is 20.2 Å². The maximum Gasteiger partial charge on any atom is 0.236 e. The van der Waals surface area contributed by atoms with Gasteiger partial charge in [-0.15, -0.1) is 10.2 Å². The molecule has 23 heavy (non-hydrogen) atoms.